The molecule has 1 aliphatic heterocycles. The molecule has 1 aliphatic rings. The lowest BCUT2D eigenvalue weighted by molar-refractivity contribution is 0.590. The third-order valence-electron chi connectivity index (χ3n) is 3.18. The molecule has 1 saturated heterocycles. The topological polar surface area (TPSA) is 68.2 Å². The molecule has 1 unspecified atom stereocenters. The Labute approximate surface area is 93.3 Å². The molecule has 0 aliphatic carbocycles. The van der Waals surface area contributed by atoms with Crippen LogP contribution in [0.3, 0.4) is 0 Å². The Kier molecular flexibility index (Phi) is 2.25. The van der Waals surface area contributed by atoms with Crippen molar-refractivity contribution in [1.29, 1.82) is 0 Å². The van der Waals surface area contributed by atoms with E-state index in [1.165, 1.54) is 6.39 Å². The van der Waals surface area contributed by atoms with E-state index in [1.807, 2.05) is 6.07 Å². The van der Waals surface area contributed by atoms with Gasteiger partial charge in [0.25, 0.3) is 0 Å². The quantitative estimate of drug-likeness (QED) is 0.814. The van der Waals surface area contributed by atoms with Crippen LogP contribution in [0.1, 0.15) is 6.42 Å². The number of nitrogens with two attached hydrogens (primary N) is 1. The number of oxazole rings is 1. The molecule has 3 heterocycles. The monoisotopic (exact) mass is 218 g/mol. The van der Waals surface area contributed by atoms with E-state index in [0.29, 0.717) is 11.6 Å². The molecule has 1 atom stereocenters. The van der Waals surface area contributed by atoms with Gasteiger partial charge < -0.3 is 15.1 Å². The molecule has 5 nitrogen and oxygen atoms in total. The summed E-state index contributed by atoms with van der Waals surface area (Å²) in [5, 5.41) is 0. The van der Waals surface area contributed by atoms with Crippen LogP contribution in [0, 0.1) is 5.92 Å². The fourth-order valence-electron chi connectivity index (χ4n) is 2.26. The highest BCUT2D eigenvalue weighted by Gasteiger charge is 2.23. The molecule has 0 saturated carbocycles. The number of rotatable bonds is 2. The van der Waals surface area contributed by atoms with Gasteiger partial charge in [-0.3, -0.25) is 0 Å². The van der Waals surface area contributed by atoms with E-state index < -0.39 is 0 Å². The van der Waals surface area contributed by atoms with Gasteiger partial charge in [-0.05, 0) is 24.9 Å². The highest BCUT2D eigenvalue weighted by molar-refractivity contribution is 5.84. The molecule has 0 aromatic carbocycles. The number of hydrogen-bond acceptors (Lipinski definition) is 5. The van der Waals surface area contributed by atoms with Crippen LogP contribution >= 0.6 is 0 Å². The third kappa shape index (κ3) is 1.44. The van der Waals surface area contributed by atoms with Crippen molar-refractivity contribution in [3.05, 3.63) is 18.7 Å². The summed E-state index contributed by atoms with van der Waals surface area (Å²) in [7, 11) is 0. The Morgan fingerprint density at radius 2 is 2.44 bits per heavy atom. The minimum absolute atomic E-state index is 0.593. The predicted molar refractivity (Wildman–Crippen MR) is 61.2 cm³/mol. The minimum atomic E-state index is 0.593. The first-order valence-electron chi connectivity index (χ1n) is 5.51. The van der Waals surface area contributed by atoms with Crippen molar-refractivity contribution in [2.24, 2.45) is 11.7 Å². The molecule has 2 aromatic rings. The highest BCUT2D eigenvalue weighted by Crippen LogP contribution is 2.28. The van der Waals surface area contributed by atoms with Crippen molar-refractivity contribution in [1.82, 2.24) is 9.97 Å². The van der Waals surface area contributed by atoms with E-state index in [9.17, 15) is 0 Å². The lowest BCUT2D eigenvalue weighted by atomic mass is 10.1. The van der Waals surface area contributed by atoms with Crippen molar-refractivity contribution in [2.45, 2.75) is 6.42 Å². The van der Waals surface area contributed by atoms with Crippen LogP contribution < -0.4 is 10.6 Å². The maximum atomic E-state index is 5.69. The maximum absolute atomic E-state index is 5.69. The van der Waals surface area contributed by atoms with E-state index in [-0.39, 0.29) is 0 Å². The van der Waals surface area contributed by atoms with Gasteiger partial charge >= 0.3 is 0 Å². The molecule has 1 fully saturated rings. The molecule has 5 heteroatoms. The van der Waals surface area contributed by atoms with Crippen molar-refractivity contribution in [3.63, 3.8) is 0 Å². The van der Waals surface area contributed by atoms with E-state index in [1.54, 1.807) is 6.20 Å². The average Bonchev–Trinajstić information content (AvgIpc) is 2.97. The molecular formula is C11H14N4O. The van der Waals surface area contributed by atoms with Crippen LogP contribution in [-0.4, -0.2) is 29.6 Å². The van der Waals surface area contributed by atoms with Crippen LogP contribution in [0.15, 0.2) is 23.1 Å². The molecule has 0 spiro atoms. The first-order valence-corrected chi connectivity index (χ1v) is 5.51. The minimum Gasteiger partial charge on any atom is -0.425 e. The molecule has 2 N–H and O–H groups in total. The maximum Gasteiger partial charge on any atom is 0.248 e. The second kappa shape index (κ2) is 3.75. The molecule has 0 bridgehead atoms. The van der Waals surface area contributed by atoms with Crippen molar-refractivity contribution in [3.8, 4) is 0 Å². The van der Waals surface area contributed by atoms with Crippen molar-refractivity contribution in [2.75, 3.05) is 24.5 Å². The van der Waals surface area contributed by atoms with Gasteiger partial charge in [-0.2, -0.15) is 0 Å². The number of fused-ring (bicyclic) bond motifs is 1. The van der Waals surface area contributed by atoms with Gasteiger partial charge in [0, 0.05) is 19.3 Å². The van der Waals surface area contributed by atoms with Crippen LogP contribution in [-0.2, 0) is 0 Å². The summed E-state index contributed by atoms with van der Waals surface area (Å²) in [6.45, 7) is 2.79. The molecule has 84 valence electrons. The molecule has 2 aromatic heterocycles. The lowest BCUT2D eigenvalue weighted by Crippen LogP contribution is -2.22. The summed E-state index contributed by atoms with van der Waals surface area (Å²) in [6, 6.07) is 1.99. The Morgan fingerprint density at radius 3 is 3.25 bits per heavy atom. The molecule has 0 amide bonds. The van der Waals surface area contributed by atoms with Gasteiger partial charge in [0.15, 0.2) is 11.9 Å². The first-order chi connectivity index (χ1) is 7.88. The summed E-state index contributed by atoms with van der Waals surface area (Å²) in [4.78, 5) is 10.7. The number of pyridine rings is 1. The van der Waals surface area contributed by atoms with Crippen molar-refractivity contribution >= 4 is 16.9 Å². The number of anilines is 1. The Bertz CT molecular complexity index is 495. The SMILES string of the molecule is NCC1CCN(c2ccnc3ocnc23)C1. The third-order valence-corrected chi connectivity index (χ3v) is 3.18. The Hall–Kier alpha value is -1.62. The van der Waals surface area contributed by atoms with Gasteiger partial charge in [0.05, 0.1) is 5.69 Å². The summed E-state index contributed by atoms with van der Waals surface area (Å²) in [6.07, 6.45) is 4.36. The van der Waals surface area contributed by atoms with Gasteiger partial charge in [-0.1, -0.05) is 0 Å². The second-order valence-corrected chi connectivity index (χ2v) is 4.17. The summed E-state index contributed by atoms with van der Waals surface area (Å²) >= 11 is 0. The van der Waals surface area contributed by atoms with Crippen LogP contribution in [0.5, 0.6) is 0 Å². The largest absolute Gasteiger partial charge is 0.425 e. The van der Waals surface area contributed by atoms with E-state index in [4.69, 9.17) is 10.2 Å². The molecule has 16 heavy (non-hydrogen) atoms. The smallest absolute Gasteiger partial charge is 0.248 e. The lowest BCUT2D eigenvalue weighted by Gasteiger charge is -2.18. The second-order valence-electron chi connectivity index (χ2n) is 4.17. The van der Waals surface area contributed by atoms with Crippen molar-refractivity contribution < 1.29 is 4.42 Å². The van der Waals surface area contributed by atoms with Crippen LogP contribution in [0.4, 0.5) is 5.69 Å². The fourth-order valence-corrected chi connectivity index (χ4v) is 2.26. The number of hydrogen-bond donors (Lipinski definition) is 1. The summed E-state index contributed by atoms with van der Waals surface area (Å²) in [5.41, 5.74) is 8.25. The first kappa shape index (κ1) is 9.59. The van der Waals surface area contributed by atoms with Gasteiger partial charge in [0.2, 0.25) is 5.71 Å². The number of nitrogens with zero attached hydrogens (tertiary/aromatic N) is 3. The molecule has 0 radical (unpaired) electrons. The zero-order chi connectivity index (χ0) is 11.0. The van der Waals surface area contributed by atoms with Gasteiger partial charge in [-0.25, -0.2) is 9.97 Å². The van der Waals surface area contributed by atoms with E-state index >= 15 is 0 Å². The zero-order valence-corrected chi connectivity index (χ0v) is 8.97. The normalized spacial score (nSPS) is 20.8. The Morgan fingerprint density at radius 1 is 1.50 bits per heavy atom. The molecule has 3 rings (SSSR count). The zero-order valence-electron chi connectivity index (χ0n) is 8.97. The van der Waals surface area contributed by atoms with E-state index in [0.717, 1.165) is 37.3 Å². The van der Waals surface area contributed by atoms with Crippen LogP contribution in [0.25, 0.3) is 11.2 Å². The summed E-state index contributed by atoms with van der Waals surface area (Å²) < 4.78 is 5.20. The Balaban J connectivity index is 1.97. The number of aromatic nitrogens is 2. The summed E-state index contributed by atoms with van der Waals surface area (Å²) in [5.74, 6) is 0.593. The highest BCUT2D eigenvalue weighted by atomic mass is 16.3. The standard InChI is InChI=1S/C11H14N4O/c12-5-8-2-4-15(6-8)9-1-3-13-11-10(9)14-7-16-11/h1,3,7-8H,2,4-6,12H2. The fraction of sp³-hybridized carbons (Fsp3) is 0.455. The molecular weight excluding hydrogens is 204 g/mol. The average molecular weight is 218 g/mol. The van der Waals surface area contributed by atoms with Gasteiger partial charge in [-0.15, -0.1) is 0 Å². The predicted octanol–water partition coefficient (Wildman–Crippen LogP) is 1.01. The van der Waals surface area contributed by atoms with Crippen LogP contribution in [0.2, 0.25) is 0 Å². The van der Waals surface area contributed by atoms with Gasteiger partial charge in [0.1, 0.15) is 0 Å². The van der Waals surface area contributed by atoms with E-state index in [2.05, 4.69) is 14.9 Å².